The Hall–Kier alpha value is -2.44. The SMILES string of the molecule is CCOC(=O)c1[nH]cc(C=O)c1[C@H](O)COCc1ccccc1. The van der Waals surface area contributed by atoms with Crippen molar-refractivity contribution in [2.75, 3.05) is 13.2 Å². The van der Waals surface area contributed by atoms with E-state index >= 15 is 0 Å². The fourth-order valence-corrected chi connectivity index (χ4v) is 2.22. The van der Waals surface area contributed by atoms with Crippen molar-refractivity contribution in [3.63, 3.8) is 0 Å². The first-order valence-electron chi connectivity index (χ1n) is 7.30. The summed E-state index contributed by atoms with van der Waals surface area (Å²) in [7, 11) is 0. The van der Waals surface area contributed by atoms with Crippen molar-refractivity contribution in [3.05, 3.63) is 58.9 Å². The van der Waals surface area contributed by atoms with Crippen molar-refractivity contribution in [2.24, 2.45) is 0 Å². The monoisotopic (exact) mass is 317 g/mol. The second kappa shape index (κ2) is 8.26. The fraction of sp³-hybridized carbons (Fsp3) is 0.294. The minimum atomic E-state index is -1.11. The first-order chi connectivity index (χ1) is 11.2. The maximum atomic E-state index is 11.9. The van der Waals surface area contributed by atoms with Crippen molar-refractivity contribution >= 4 is 12.3 Å². The molecule has 0 fully saturated rings. The van der Waals surface area contributed by atoms with Crippen LogP contribution in [0.15, 0.2) is 36.5 Å². The molecule has 0 unspecified atom stereocenters. The van der Waals surface area contributed by atoms with Crippen LogP contribution in [0.4, 0.5) is 0 Å². The van der Waals surface area contributed by atoms with Gasteiger partial charge in [0, 0.05) is 17.3 Å². The van der Waals surface area contributed by atoms with E-state index in [9.17, 15) is 14.7 Å². The predicted molar refractivity (Wildman–Crippen MR) is 83.2 cm³/mol. The Morgan fingerprint density at radius 2 is 2.09 bits per heavy atom. The first kappa shape index (κ1) is 16.9. The second-order valence-corrected chi connectivity index (χ2v) is 4.89. The normalized spacial score (nSPS) is 11.9. The van der Waals surface area contributed by atoms with Crippen LogP contribution in [0.5, 0.6) is 0 Å². The molecule has 0 spiro atoms. The van der Waals surface area contributed by atoms with Crippen LogP contribution in [-0.2, 0) is 16.1 Å². The van der Waals surface area contributed by atoms with E-state index in [0.717, 1.165) is 5.56 Å². The van der Waals surface area contributed by atoms with E-state index in [1.54, 1.807) is 6.92 Å². The number of esters is 1. The molecule has 0 aliphatic heterocycles. The van der Waals surface area contributed by atoms with E-state index in [1.165, 1.54) is 6.20 Å². The maximum absolute atomic E-state index is 11.9. The zero-order chi connectivity index (χ0) is 16.7. The third-order valence-electron chi connectivity index (χ3n) is 3.28. The summed E-state index contributed by atoms with van der Waals surface area (Å²) >= 11 is 0. The third kappa shape index (κ3) is 4.28. The number of aromatic amines is 1. The molecular weight excluding hydrogens is 298 g/mol. The minimum absolute atomic E-state index is 0.0417. The number of aldehydes is 1. The molecule has 1 aromatic carbocycles. The number of carbonyl (C=O) groups excluding carboxylic acids is 2. The fourth-order valence-electron chi connectivity index (χ4n) is 2.22. The molecule has 0 aliphatic carbocycles. The molecule has 1 aromatic heterocycles. The molecule has 0 saturated carbocycles. The Balaban J connectivity index is 2.05. The lowest BCUT2D eigenvalue weighted by Gasteiger charge is -2.13. The van der Waals surface area contributed by atoms with Crippen molar-refractivity contribution in [3.8, 4) is 0 Å². The van der Waals surface area contributed by atoms with Crippen LogP contribution >= 0.6 is 0 Å². The number of hydrogen-bond acceptors (Lipinski definition) is 5. The van der Waals surface area contributed by atoms with Gasteiger partial charge in [0.25, 0.3) is 0 Å². The molecule has 1 heterocycles. The Morgan fingerprint density at radius 1 is 1.35 bits per heavy atom. The number of benzene rings is 1. The van der Waals surface area contributed by atoms with Gasteiger partial charge in [-0.2, -0.15) is 0 Å². The smallest absolute Gasteiger partial charge is 0.355 e. The van der Waals surface area contributed by atoms with Crippen LogP contribution in [-0.4, -0.2) is 35.6 Å². The van der Waals surface area contributed by atoms with Crippen LogP contribution in [0.2, 0.25) is 0 Å². The summed E-state index contributed by atoms with van der Waals surface area (Å²) in [5, 5.41) is 10.3. The number of carbonyl (C=O) groups is 2. The number of aliphatic hydroxyl groups excluding tert-OH is 1. The van der Waals surface area contributed by atoms with Gasteiger partial charge in [0.15, 0.2) is 6.29 Å². The summed E-state index contributed by atoms with van der Waals surface area (Å²) in [5.74, 6) is -0.613. The summed E-state index contributed by atoms with van der Waals surface area (Å²) in [4.78, 5) is 25.6. The van der Waals surface area contributed by atoms with Gasteiger partial charge in [-0.05, 0) is 12.5 Å². The number of aromatic nitrogens is 1. The number of nitrogens with one attached hydrogen (secondary N) is 1. The van der Waals surface area contributed by atoms with Crippen LogP contribution in [0.3, 0.4) is 0 Å². The molecule has 0 bridgehead atoms. The van der Waals surface area contributed by atoms with Gasteiger partial charge in [-0.15, -0.1) is 0 Å². The van der Waals surface area contributed by atoms with Crippen molar-refractivity contribution in [1.29, 1.82) is 0 Å². The Kier molecular flexibility index (Phi) is 6.08. The van der Waals surface area contributed by atoms with E-state index in [0.29, 0.717) is 12.9 Å². The number of hydrogen-bond donors (Lipinski definition) is 2. The summed E-state index contributed by atoms with van der Waals surface area (Å²) in [6, 6.07) is 9.50. The lowest BCUT2D eigenvalue weighted by molar-refractivity contribution is 0.0257. The van der Waals surface area contributed by atoms with Crippen molar-refractivity contribution in [2.45, 2.75) is 19.6 Å². The average molecular weight is 317 g/mol. The zero-order valence-electron chi connectivity index (χ0n) is 12.8. The molecule has 23 heavy (non-hydrogen) atoms. The summed E-state index contributed by atoms with van der Waals surface area (Å²) < 4.78 is 10.4. The van der Waals surface area contributed by atoms with E-state index in [4.69, 9.17) is 9.47 Å². The lowest BCUT2D eigenvalue weighted by atomic mass is 10.1. The molecule has 0 amide bonds. The molecule has 2 N–H and O–H groups in total. The first-order valence-corrected chi connectivity index (χ1v) is 7.30. The number of ether oxygens (including phenoxy) is 2. The Labute approximate surface area is 134 Å². The highest BCUT2D eigenvalue weighted by Crippen LogP contribution is 2.23. The Bertz CT molecular complexity index is 650. The van der Waals surface area contributed by atoms with Crippen LogP contribution in [0.25, 0.3) is 0 Å². The van der Waals surface area contributed by atoms with Gasteiger partial charge >= 0.3 is 5.97 Å². The largest absolute Gasteiger partial charge is 0.461 e. The number of H-pyrrole nitrogens is 1. The van der Waals surface area contributed by atoms with Gasteiger partial charge in [0.2, 0.25) is 0 Å². The minimum Gasteiger partial charge on any atom is -0.461 e. The van der Waals surface area contributed by atoms with Gasteiger partial charge in [-0.25, -0.2) is 4.79 Å². The maximum Gasteiger partial charge on any atom is 0.355 e. The zero-order valence-corrected chi connectivity index (χ0v) is 12.8. The standard InChI is InChI=1S/C17H19NO5/c1-2-23-17(21)16-15(13(9-19)8-18-16)14(20)11-22-10-12-6-4-3-5-7-12/h3-9,14,18,20H,2,10-11H2,1H3/t14-/m1/s1. The molecule has 0 aliphatic rings. The van der Waals surface area contributed by atoms with E-state index in [1.807, 2.05) is 30.3 Å². The predicted octanol–water partition coefficient (Wildman–Crippen LogP) is 2.25. The topological polar surface area (TPSA) is 88.6 Å². The molecule has 6 heteroatoms. The second-order valence-electron chi connectivity index (χ2n) is 4.89. The van der Waals surface area contributed by atoms with E-state index in [2.05, 4.69) is 4.98 Å². The van der Waals surface area contributed by atoms with Gasteiger partial charge < -0.3 is 19.6 Å². The molecule has 2 aromatic rings. The van der Waals surface area contributed by atoms with Crippen LogP contribution in [0, 0.1) is 0 Å². The van der Waals surface area contributed by atoms with Crippen LogP contribution in [0.1, 0.15) is 45.0 Å². The molecule has 0 radical (unpaired) electrons. The Morgan fingerprint density at radius 3 is 2.74 bits per heavy atom. The molecule has 6 nitrogen and oxygen atoms in total. The molecule has 122 valence electrons. The number of rotatable bonds is 8. The van der Waals surface area contributed by atoms with Gasteiger partial charge in [-0.1, -0.05) is 30.3 Å². The van der Waals surface area contributed by atoms with Gasteiger partial charge in [0.1, 0.15) is 11.8 Å². The highest BCUT2D eigenvalue weighted by atomic mass is 16.5. The molecule has 1 atom stereocenters. The van der Waals surface area contributed by atoms with E-state index < -0.39 is 12.1 Å². The summed E-state index contributed by atoms with van der Waals surface area (Å²) in [6.45, 7) is 2.17. The average Bonchev–Trinajstić information content (AvgIpc) is 3.00. The van der Waals surface area contributed by atoms with Gasteiger partial charge in [-0.3, -0.25) is 4.79 Å². The highest BCUT2D eigenvalue weighted by Gasteiger charge is 2.24. The summed E-state index contributed by atoms with van der Waals surface area (Å²) in [5.41, 5.74) is 1.45. The quantitative estimate of drug-likeness (QED) is 0.576. The molecule has 0 saturated heterocycles. The third-order valence-corrected chi connectivity index (χ3v) is 3.28. The van der Waals surface area contributed by atoms with Crippen molar-refractivity contribution < 1.29 is 24.2 Å². The molecule has 2 rings (SSSR count). The van der Waals surface area contributed by atoms with E-state index in [-0.39, 0.29) is 30.0 Å². The number of aliphatic hydroxyl groups is 1. The lowest BCUT2D eigenvalue weighted by Crippen LogP contribution is -2.14. The highest BCUT2D eigenvalue weighted by molar-refractivity contribution is 5.93. The van der Waals surface area contributed by atoms with Gasteiger partial charge in [0.05, 0.1) is 19.8 Å². The summed E-state index contributed by atoms with van der Waals surface area (Å²) in [6.07, 6.45) is 0.842. The van der Waals surface area contributed by atoms with Crippen LogP contribution < -0.4 is 0 Å². The van der Waals surface area contributed by atoms with Crippen molar-refractivity contribution in [1.82, 2.24) is 4.98 Å². The molecular formula is C17H19NO5.